The van der Waals surface area contributed by atoms with Gasteiger partial charge in [0.05, 0.1) is 32.3 Å². The zero-order chi connectivity index (χ0) is 19.7. The van der Waals surface area contributed by atoms with E-state index in [1.54, 1.807) is 7.11 Å². The van der Waals surface area contributed by atoms with Gasteiger partial charge in [-0.25, -0.2) is 0 Å². The lowest BCUT2D eigenvalue weighted by atomic mass is 9.71. The van der Waals surface area contributed by atoms with Crippen LogP contribution in [-0.4, -0.2) is 47.4 Å². The molecule has 5 atom stereocenters. The Balaban J connectivity index is 1.73. The first-order valence-corrected chi connectivity index (χ1v) is 10.7. The smallest absolute Gasteiger partial charge is 0.131 e. The zero-order valence-corrected chi connectivity index (χ0v) is 17.2. The van der Waals surface area contributed by atoms with Crippen molar-refractivity contribution >= 4 is 10.9 Å². The second-order valence-electron chi connectivity index (χ2n) is 8.68. The highest BCUT2D eigenvalue weighted by atomic mass is 16.5. The highest BCUT2D eigenvalue weighted by Gasteiger charge is 2.53. The Hall–Kier alpha value is -1.91. The van der Waals surface area contributed by atoms with Crippen molar-refractivity contribution in [3.63, 3.8) is 0 Å². The van der Waals surface area contributed by atoms with E-state index in [4.69, 9.17) is 4.74 Å². The van der Waals surface area contributed by atoms with Crippen molar-refractivity contribution in [1.29, 1.82) is 0 Å². The van der Waals surface area contributed by atoms with Gasteiger partial charge in [0.2, 0.25) is 0 Å². The Kier molecular flexibility index (Phi) is 5.44. The number of aliphatic hydroxyl groups excluding tert-OH is 1. The van der Waals surface area contributed by atoms with E-state index >= 15 is 0 Å². The van der Waals surface area contributed by atoms with E-state index in [-0.39, 0.29) is 6.04 Å². The molecular weight excluding hydrogens is 348 g/mol. The summed E-state index contributed by atoms with van der Waals surface area (Å²) in [6.07, 6.45) is 8.25. The number of hydrogen-bond acceptors (Lipinski definition) is 3. The molecule has 0 unspecified atom stereocenters. The third-order valence-electron chi connectivity index (χ3n) is 7.30. The van der Waals surface area contributed by atoms with Crippen LogP contribution < -0.4 is 4.74 Å². The zero-order valence-electron chi connectivity index (χ0n) is 17.2. The SMILES string of the molecule is C=C[C@H]1C[N@+]2(CCCC)CC[C@H]1C[C@H]2[C@H](O)c1ccnc2ccc(OC)cc12. The summed E-state index contributed by atoms with van der Waals surface area (Å²) in [6.45, 7) is 9.83. The summed E-state index contributed by atoms with van der Waals surface area (Å²) >= 11 is 0. The first-order chi connectivity index (χ1) is 13.6. The number of aliphatic hydroxyl groups is 1. The monoisotopic (exact) mass is 381 g/mol. The maximum Gasteiger partial charge on any atom is 0.131 e. The predicted molar refractivity (Wildman–Crippen MR) is 113 cm³/mol. The summed E-state index contributed by atoms with van der Waals surface area (Å²) in [5.74, 6) is 2.05. The molecule has 150 valence electrons. The molecule has 0 saturated carbocycles. The van der Waals surface area contributed by atoms with E-state index < -0.39 is 6.10 Å². The van der Waals surface area contributed by atoms with Crippen molar-refractivity contribution in [3.05, 3.63) is 48.7 Å². The van der Waals surface area contributed by atoms with Gasteiger partial charge in [-0.15, -0.1) is 6.58 Å². The van der Waals surface area contributed by atoms with Gasteiger partial charge in [0.1, 0.15) is 17.9 Å². The van der Waals surface area contributed by atoms with Crippen LogP contribution in [-0.2, 0) is 0 Å². The third-order valence-corrected chi connectivity index (χ3v) is 7.30. The van der Waals surface area contributed by atoms with E-state index in [9.17, 15) is 5.11 Å². The molecule has 1 N–H and O–H groups in total. The van der Waals surface area contributed by atoms with Crippen LogP contribution in [0.25, 0.3) is 10.9 Å². The summed E-state index contributed by atoms with van der Waals surface area (Å²) in [6, 6.07) is 8.17. The van der Waals surface area contributed by atoms with Crippen molar-refractivity contribution < 1.29 is 14.3 Å². The second kappa shape index (κ2) is 7.84. The van der Waals surface area contributed by atoms with Gasteiger partial charge in [-0.3, -0.25) is 4.98 Å². The summed E-state index contributed by atoms with van der Waals surface area (Å²) in [4.78, 5) is 4.50. The van der Waals surface area contributed by atoms with E-state index in [1.165, 1.54) is 25.8 Å². The van der Waals surface area contributed by atoms with E-state index in [2.05, 4.69) is 24.6 Å². The number of fused-ring (bicyclic) bond motifs is 4. The quantitative estimate of drug-likeness (QED) is 0.568. The van der Waals surface area contributed by atoms with Crippen LogP contribution >= 0.6 is 0 Å². The van der Waals surface area contributed by atoms with Crippen LogP contribution in [0.2, 0.25) is 0 Å². The second-order valence-corrected chi connectivity index (χ2v) is 8.68. The molecule has 3 aliphatic heterocycles. The molecule has 3 saturated heterocycles. The lowest BCUT2D eigenvalue weighted by Gasteiger charge is -2.58. The molecule has 0 amide bonds. The lowest BCUT2D eigenvalue weighted by Crippen LogP contribution is -2.68. The van der Waals surface area contributed by atoms with Crippen molar-refractivity contribution in [2.24, 2.45) is 11.8 Å². The Morgan fingerprint density at radius 3 is 3.00 bits per heavy atom. The largest absolute Gasteiger partial charge is 0.497 e. The van der Waals surface area contributed by atoms with E-state index in [1.807, 2.05) is 30.5 Å². The minimum Gasteiger partial charge on any atom is -0.497 e. The topological polar surface area (TPSA) is 42.4 Å². The molecule has 4 heterocycles. The normalized spacial score (nSPS) is 30.3. The van der Waals surface area contributed by atoms with Crippen molar-refractivity contribution in [2.45, 2.75) is 44.8 Å². The van der Waals surface area contributed by atoms with Crippen LogP contribution in [0.5, 0.6) is 5.75 Å². The third kappa shape index (κ3) is 3.23. The fraction of sp³-hybridized carbons (Fsp3) is 0.542. The molecule has 5 rings (SSSR count). The average molecular weight is 382 g/mol. The minimum atomic E-state index is -0.483. The molecule has 4 nitrogen and oxygen atoms in total. The molecule has 0 aliphatic carbocycles. The van der Waals surface area contributed by atoms with Crippen molar-refractivity contribution in [2.75, 3.05) is 26.7 Å². The number of pyridine rings is 1. The summed E-state index contributed by atoms with van der Waals surface area (Å²) in [7, 11) is 1.68. The summed E-state index contributed by atoms with van der Waals surface area (Å²) < 4.78 is 6.47. The number of rotatable bonds is 7. The van der Waals surface area contributed by atoms with E-state index in [0.29, 0.717) is 11.8 Å². The Morgan fingerprint density at radius 1 is 1.39 bits per heavy atom. The fourth-order valence-electron chi connectivity index (χ4n) is 5.70. The molecule has 0 spiro atoms. The van der Waals surface area contributed by atoms with Crippen LogP contribution in [0, 0.1) is 11.8 Å². The van der Waals surface area contributed by atoms with Crippen LogP contribution in [0.4, 0.5) is 0 Å². The Labute approximate surface area is 168 Å². The number of unbranched alkanes of at least 4 members (excludes halogenated alkanes) is 1. The number of quaternary nitrogens is 1. The van der Waals surface area contributed by atoms with Crippen LogP contribution in [0.1, 0.15) is 44.3 Å². The fourth-order valence-corrected chi connectivity index (χ4v) is 5.70. The Morgan fingerprint density at radius 2 is 2.25 bits per heavy atom. The molecule has 4 heteroatoms. The van der Waals surface area contributed by atoms with Gasteiger partial charge in [-0.05, 0) is 42.2 Å². The maximum atomic E-state index is 11.6. The van der Waals surface area contributed by atoms with Crippen molar-refractivity contribution in [3.8, 4) is 5.75 Å². The molecule has 2 aromatic rings. The van der Waals surface area contributed by atoms with Crippen molar-refractivity contribution in [1.82, 2.24) is 4.98 Å². The highest BCUT2D eigenvalue weighted by molar-refractivity contribution is 5.83. The molecular formula is C24H33N2O2+. The molecule has 28 heavy (non-hydrogen) atoms. The van der Waals surface area contributed by atoms with Gasteiger partial charge in [0, 0.05) is 30.3 Å². The van der Waals surface area contributed by atoms with Crippen LogP contribution in [0.15, 0.2) is 43.1 Å². The number of ether oxygens (including phenoxy) is 1. The molecule has 3 aliphatic rings. The minimum absolute atomic E-state index is 0.248. The summed E-state index contributed by atoms with van der Waals surface area (Å²) in [5.41, 5.74) is 1.91. The van der Waals surface area contributed by atoms with Gasteiger partial charge in [0.15, 0.2) is 0 Å². The van der Waals surface area contributed by atoms with Gasteiger partial charge < -0.3 is 14.3 Å². The first-order valence-electron chi connectivity index (χ1n) is 10.7. The molecule has 3 fully saturated rings. The molecule has 0 radical (unpaired) electrons. The number of nitrogens with zero attached hydrogens (tertiary/aromatic N) is 2. The van der Waals surface area contributed by atoms with Gasteiger partial charge in [0.25, 0.3) is 0 Å². The average Bonchev–Trinajstić information content (AvgIpc) is 2.76. The Bertz CT molecular complexity index is 852. The van der Waals surface area contributed by atoms with Gasteiger partial charge in [-0.1, -0.05) is 19.4 Å². The number of piperidine rings is 3. The van der Waals surface area contributed by atoms with Gasteiger partial charge in [-0.2, -0.15) is 0 Å². The van der Waals surface area contributed by atoms with E-state index in [0.717, 1.165) is 46.2 Å². The number of methoxy groups -OCH3 is 1. The van der Waals surface area contributed by atoms with Gasteiger partial charge >= 0.3 is 0 Å². The number of benzene rings is 1. The standard InChI is InChI=1S/C24H33N2O2/c1-4-6-12-26-13-10-18(17(5-2)16-26)14-23(26)24(27)20-9-11-25-22-8-7-19(28-3)15-21(20)22/h5,7-9,11,15,17-18,23-24,27H,2,4,6,10,12-14,16H2,1,3H3/q+1/t17-,18-,23-,24+,26-/m0/s1. The lowest BCUT2D eigenvalue weighted by molar-refractivity contribution is -0.973. The summed E-state index contributed by atoms with van der Waals surface area (Å²) in [5, 5.41) is 12.6. The molecule has 2 bridgehead atoms. The number of hydrogen-bond donors (Lipinski definition) is 1. The maximum absolute atomic E-state index is 11.6. The molecule has 1 aromatic heterocycles. The number of aromatic nitrogens is 1. The van der Waals surface area contributed by atoms with Crippen LogP contribution in [0.3, 0.4) is 0 Å². The molecule has 1 aromatic carbocycles. The predicted octanol–water partition coefficient (Wildman–Crippen LogP) is 4.49. The highest BCUT2D eigenvalue weighted by Crippen LogP contribution is 2.47. The first kappa shape index (κ1) is 19.4.